The Labute approximate surface area is 135 Å². The Kier molecular flexibility index (Phi) is 7.72. The molecular formula is C16H25BrN2O2. The van der Waals surface area contributed by atoms with Crippen LogP contribution in [0.25, 0.3) is 0 Å². The minimum atomic E-state index is -0.349. The topological polar surface area (TPSA) is 55.2 Å². The number of nitrogens with zero attached hydrogens (tertiary/aromatic N) is 1. The highest BCUT2D eigenvalue weighted by atomic mass is 79.9. The maximum absolute atomic E-state index is 10.9. The fourth-order valence-corrected chi connectivity index (χ4v) is 2.73. The molecule has 0 heterocycles. The van der Waals surface area contributed by atoms with Crippen LogP contribution in [-0.2, 0) is 0 Å². The van der Waals surface area contributed by atoms with E-state index >= 15 is 0 Å². The largest absolute Gasteiger partial charge is 0.384 e. The maximum Gasteiger partial charge on any atom is 0.273 e. The standard InChI is InChI=1S/C16H25BrN2O2/c1-12(2)8-6-4-5-7-9-18-15-10-13(3)16(19(20)21)11-14(15)17/h10-12,18H,4-9H2,1-3H3. The first kappa shape index (κ1) is 18.0. The van der Waals surface area contributed by atoms with E-state index in [-0.39, 0.29) is 10.6 Å². The molecule has 1 aromatic carbocycles. The minimum absolute atomic E-state index is 0.154. The van der Waals surface area contributed by atoms with E-state index in [2.05, 4.69) is 35.1 Å². The molecule has 0 aliphatic heterocycles. The molecule has 0 spiro atoms. The van der Waals surface area contributed by atoms with Crippen molar-refractivity contribution < 1.29 is 4.92 Å². The second kappa shape index (κ2) is 9.03. The molecule has 0 fully saturated rings. The zero-order chi connectivity index (χ0) is 15.8. The maximum atomic E-state index is 10.9. The van der Waals surface area contributed by atoms with Gasteiger partial charge in [0.15, 0.2) is 0 Å². The van der Waals surface area contributed by atoms with Crippen molar-refractivity contribution >= 4 is 27.3 Å². The van der Waals surface area contributed by atoms with Crippen LogP contribution < -0.4 is 5.32 Å². The van der Waals surface area contributed by atoms with Crippen LogP contribution in [0.2, 0.25) is 0 Å². The van der Waals surface area contributed by atoms with Gasteiger partial charge in [-0.2, -0.15) is 0 Å². The molecule has 0 radical (unpaired) electrons. The monoisotopic (exact) mass is 356 g/mol. The second-order valence-corrected chi connectivity index (χ2v) is 6.75. The Bertz CT molecular complexity index is 476. The molecule has 0 aliphatic rings. The number of halogens is 1. The van der Waals surface area contributed by atoms with E-state index in [0.29, 0.717) is 5.56 Å². The molecule has 0 aliphatic carbocycles. The lowest BCUT2D eigenvalue weighted by molar-refractivity contribution is -0.385. The first-order chi connectivity index (χ1) is 9.91. The summed E-state index contributed by atoms with van der Waals surface area (Å²) in [4.78, 5) is 10.5. The molecule has 1 aromatic rings. The summed E-state index contributed by atoms with van der Waals surface area (Å²) in [6.45, 7) is 7.19. The number of nitrogens with one attached hydrogen (secondary N) is 1. The van der Waals surface area contributed by atoms with Gasteiger partial charge in [0.2, 0.25) is 0 Å². The molecule has 0 bridgehead atoms. The summed E-state index contributed by atoms with van der Waals surface area (Å²) < 4.78 is 0.750. The lowest BCUT2D eigenvalue weighted by Gasteiger charge is -2.10. The quantitative estimate of drug-likeness (QED) is 0.351. The van der Waals surface area contributed by atoms with Gasteiger partial charge in [0.05, 0.1) is 4.92 Å². The summed E-state index contributed by atoms with van der Waals surface area (Å²) in [7, 11) is 0. The molecule has 21 heavy (non-hydrogen) atoms. The molecule has 0 atom stereocenters. The van der Waals surface area contributed by atoms with Gasteiger partial charge in [0.25, 0.3) is 5.69 Å². The van der Waals surface area contributed by atoms with E-state index in [1.807, 2.05) is 6.07 Å². The van der Waals surface area contributed by atoms with Crippen molar-refractivity contribution in [2.75, 3.05) is 11.9 Å². The highest BCUT2D eigenvalue weighted by Crippen LogP contribution is 2.30. The Balaban J connectivity index is 2.36. The number of benzene rings is 1. The van der Waals surface area contributed by atoms with Crippen LogP contribution in [0.3, 0.4) is 0 Å². The van der Waals surface area contributed by atoms with Crippen molar-refractivity contribution in [3.8, 4) is 0 Å². The third-order valence-corrected chi connectivity index (χ3v) is 4.16. The number of nitro benzene ring substituents is 1. The van der Waals surface area contributed by atoms with Crippen LogP contribution in [0, 0.1) is 23.0 Å². The van der Waals surface area contributed by atoms with Crippen LogP contribution >= 0.6 is 15.9 Å². The Morgan fingerprint density at radius 3 is 2.52 bits per heavy atom. The summed E-state index contributed by atoms with van der Waals surface area (Å²) >= 11 is 3.39. The lowest BCUT2D eigenvalue weighted by atomic mass is 10.0. The third kappa shape index (κ3) is 6.46. The normalized spacial score (nSPS) is 10.9. The highest BCUT2D eigenvalue weighted by Gasteiger charge is 2.13. The van der Waals surface area contributed by atoms with Gasteiger partial charge >= 0.3 is 0 Å². The van der Waals surface area contributed by atoms with Crippen molar-refractivity contribution in [1.29, 1.82) is 0 Å². The van der Waals surface area contributed by atoms with Crippen molar-refractivity contribution in [2.24, 2.45) is 5.92 Å². The number of hydrogen-bond donors (Lipinski definition) is 1. The first-order valence-corrected chi connectivity index (χ1v) is 8.39. The van der Waals surface area contributed by atoms with Crippen LogP contribution in [-0.4, -0.2) is 11.5 Å². The van der Waals surface area contributed by atoms with E-state index in [0.717, 1.165) is 29.0 Å². The third-order valence-electron chi connectivity index (χ3n) is 3.51. The Hall–Kier alpha value is -1.10. The van der Waals surface area contributed by atoms with Crippen molar-refractivity contribution in [3.05, 3.63) is 32.3 Å². The van der Waals surface area contributed by atoms with Gasteiger partial charge < -0.3 is 5.32 Å². The first-order valence-electron chi connectivity index (χ1n) is 7.60. The molecule has 118 valence electrons. The molecule has 0 unspecified atom stereocenters. The van der Waals surface area contributed by atoms with Crippen LogP contribution in [0.5, 0.6) is 0 Å². The number of aryl methyl sites for hydroxylation is 1. The fourth-order valence-electron chi connectivity index (χ4n) is 2.26. The minimum Gasteiger partial charge on any atom is -0.384 e. The van der Waals surface area contributed by atoms with Crippen molar-refractivity contribution in [2.45, 2.75) is 52.9 Å². The second-order valence-electron chi connectivity index (χ2n) is 5.90. The van der Waals surface area contributed by atoms with Gasteiger partial charge in [0.1, 0.15) is 0 Å². The predicted molar refractivity (Wildman–Crippen MR) is 91.9 cm³/mol. The summed E-state index contributed by atoms with van der Waals surface area (Å²) in [5.74, 6) is 0.794. The van der Waals surface area contributed by atoms with Crippen LogP contribution in [0.15, 0.2) is 16.6 Å². The smallest absolute Gasteiger partial charge is 0.273 e. The van der Waals surface area contributed by atoms with Crippen molar-refractivity contribution in [1.82, 2.24) is 0 Å². The van der Waals surface area contributed by atoms with Crippen molar-refractivity contribution in [3.63, 3.8) is 0 Å². The lowest BCUT2D eigenvalue weighted by Crippen LogP contribution is -2.03. The zero-order valence-corrected chi connectivity index (χ0v) is 14.7. The number of rotatable bonds is 9. The fraction of sp³-hybridized carbons (Fsp3) is 0.625. The van der Waals surface area contributed by atoms with Gasteiger partial charge in [-0.15, -0.1) is 0 Å². The Morgan fingerprint density at radius 1 is 1.24 bits per heavy atom. The molecule has 1 N–H and O–H groups in total. The SMILES string of the molecule is Cc1cc(NCCCCCCC(C)C)c(Br)cc1[N+](=O)[O-]. The molecule has 0 saturated heterocycles. The van der Waals surface area contributed by atoms with E-state index in [9.17, 15) is 10.1 Å². The molecule has 0 aromatic heterocycles. The number of unbranched alkanes of at least 4 members (excludes halogenated alkanes) is 3. The highest BCUT2D eigenvalue weighted by molar-refractivity contribution is 9.10. The number of nitro groups is 1. The average Bonchev–Trinajstić information content (AvgIpc) is 2.40. The van der Waals surface area contributed by atoms with Gasteiger partial charge in [0, 0.05) is 28.3 Å². The van der Waals surface area contributed by atoms with E-state index in [1.54, 1.807) is 13.0 Å². The molecule has 0 saturated carbocycles. The average molecular weight is 357 g/mol. The number of hydrogen-bond acceptors (Lipinski definition) is 3. The van der Waals surface area contributed by atoms with Crippen LogP contribution in [0.1, 0.15) is 51.5 Å². The summed E-state index contributed by atoms with van der Waals surface area (Å²) in [5.41, 5.74) is 1.77. The molecule has 0 amide bonds. The van der Waals surface area contributed by atoms with Gasteiger partial charge in [-0.1, -0.05) is 39.5 Å². The summed E-state index contributed by atoms with van der Waals surface area (Å²) in [6.07, 6.45) is 6.24. The number of anilines is 1. The molecular weight excluding hydrogens is 332 g/mol. The summed E-state index contributed by atoms with van der Waals surface area (Å²) in [5, 5.41) is 14.2. The van der Waals surface area contributed by atoms with Gasteiger partial charge in [-0.25, -0.2) is 0 Å². The van der Waals surface area contributed by atoms with E-state index in [1.165, 1.54) is 25.7 Å². The van der Waals surface area contributed by atoms with Crippen LogP contribution in [0.4, 0.5) is 11.4 Å². The zero-order valence-electron chi connectivity index (χ0n) is 13.1. The van der Waals surface area contributed by atoms with E-state index < -0.39 is 0 Å². The molecule has 5 heteroatoms. The van der Waals surface area contributed by atoms with E-state index in [4.69, 9.17) is 0 Å². The Morgan fingerprint density at radius 2 is 1.90 bits per heavy atom. The summed E-state index contributed by atoms with van der Waals surface area (Å²) in [6, 6.07) is 3.40. The predicted octanol–water partition coefficient (Wildman–Crippen LogP) is 5.68. The molecule has 4 nitrogen and oxygen atoms in total. The molecule has 1 rings (SSSR count). The van der Waals surface area contributed by atoms with Gasteiger partial charge in [-0.05, 0) is 41.3 Å². The van der Waals surface area contributed by atoms with Gasteiger partial charge in [-0.3, -0.25) is 10.1 Å².